The normalized spacial score (nSPS) is 12.5. The second kappa shape index (κ2) is 18.7. The zero-order valence-corrected chi connectivity index (χ0v) is 42.3. The van der Waals surface area contributed by atoms with Crippen LogP contribution in [-0.2, 0) is 31.1 Å². The van der Waals surface area contributed by atoms with E-state index in [0.29, 0.717) is 15.6 Å². The van der Waals surface area contributed by atoms with Crippen molar-refractivity contribution in [3.63, 3.8) is 0 Å². The van der Waals surface area contributed by atoms with Crippen LogP contribution in [0.5, 0.6) is 0 Å². The molecule has 0 bridgehead atoms. The molecule has 0 aliphatic heterocycles. The number of benzene rings is 2. The van der Waals surface area contributed by atoms with Crippen LogP contribution in [0.3, 0.4) is 0 Å². The number of nitrogen functional groups attached to an aromatic ring is 1. The van der Waals surface area contributed by atoms with Crippen LogP contribution in [-0.4, -0.2) is 74.9 Å². The maximum Gasteiger partial charge on any atom is 0.408 e. The molecule has 0 saturated heterocycles. The quantitative estimate of drug-likeness (QED) is 0.0656. The van der Waals surface area contributed by atoms with Crippen molar-refractivity contribution in [2.24, 2.45) is 5.73 Å². The van der Waals surface area contributed by atoms with Gasteiger partial charge in [0.2, 0.25) is 11.2 Å². The van der Waals surface area contributed by atoms with Gasteiger partial charge in [-0.05, 0) is 102 Å². The number of rotatable bonds is 16. The molecule has 71 heavy (non-hydrogen) atoms. The van der Waals surface area contributed by atoms with Crippen molar-refractivity contribution >= 4 is 77.7 Å². The zero-order valence-electron chi connectivity index (χ0n) is 38.2. The first-order chi connectivity index (χ1) is 33.3. The second-order valence-electron chi connectivity index (χ2n) is 17.5. The Bertz CT molecular complexity index is 3530. The molecule has 1 amide bonds. The number of nitrogens with zero attached hydrogens (tertiary/aromatic N) is 8. The minimum atomic E-state index is -4.77. The third kappa shape index (κ3) is 9.79. The van der Waals surface area contributed by atoms with Crippen LogP contribution in [0.4, 0.5) is 30.9 Å². The van der Waals surface area contributed by atoms with Crippen LogP contribution in [0.25, 0.3) is 43.7 Å². The van der Waals surface area contributed by atoms with Gasteiger partial charge >= 0.3 is 6.09 Å². The van der Waals surface area contributed by atoms with Crippen molar-refractivity contribution in [2.75, 3.05) is 21.3 Å². The molecule has 0 atom stereocenters. The van der Waals surface area contributed by atoms with E-state index in [4.69, 9.17) is 41.9 Å². The summed E-state index contributed by atoms with van der Waals surface area (Å²) in [5, 5.41) is 11.5. The van der Waals surface area contributed by atoms with Crippen LogP contribution >= 0.6 is 34.3 Å². The van der Waals surface area contributed by atoms with Gasteiger partial charge in [0.05, 0.1) is 79.6 Å². The van der Waals surface area contributed by atoms with E-state index in [1.54, 1.807) is 19.9 Å². The molecule has 6 heterocycles. The number of hydrogen-bond acceptors (Lipinski definition) is 17. The van der Waals surface area contributed by atoms with Gasteiger partial charge in [-0.1, -0.05) is 12.1 Å². The van der Waals surface area contributed by atoms with Gasteiger partial charge in [0.1, 0.15) is 32.3 Å². The molecule has 8 rings (SSSR count). The number of carboxylic acid groups (broad SMARTS) is 1. The van der Waals surface area contributed by atoms with E-state index in [9.17, 15) is 26.7 Å². The number of nitrogens with one attached hydrogen (secondary N) is 1. The molecule has 6 aromatic heterocycles. The first kappa shape index (κ1) is 50.5. The highest BCUT2D eigenvalue weighted by atomic mass is 35.5. The zero-order chi connectivity index (χ0) is 51.4. The lowest BCUT2D eigenvalue weighted by atomic mass is 9.93. The van der Waals surface area contributed by atoms with E-state index in [1.807, 2.05) is 0 Å². The van der Waals surface area contributed by atoms with Gasteiger partial charge in [-0.3, -0.25) is 13.9 Å². The number of sulfonamides is 2. The fourth-order valence-electron chi connectivity index (χ4n) is 7.75. The lowest BCUT2D eigenvalue weighted by Gasteiger charge is -2.47. The average molecular weight is 1070 g/mol. The molecule has 0 aliphatic rings. The summed E-state index contributed by atoms with van der Waals surface area (Å²) in [5.41, 5.74) is 7.09. The second-order valence-corrected chi connectivity index (χ2v) is 23.3. The summed E-state index contributed by atoms with van der Waals surface area (Å²) >= 11 is 8.27. The van der Waals surface area contributed by atoms with Crippen molar-refractivity contribution in [3.05, 3.63) is 125 Å². The van der Waals surface area contributed by atoms with Crippen LogP contribution < -0.4 is 20.5 Å². The standard InChI is InChI=1S/C45H42ClF2N11O8S4/c1-43(2,23-58(71(64,65)25-16-20-67-22-25)31-12-8-10-27(33(31)48)35-37(30-14-18-52-41(49)54-30)68-38(55-35)44(3,4)50)59(42(60)61)45(5,6)39-56-34(36(69-39)29-13-17-51-40(46)53-29)26-9-7-11-28(32(26)47)57-70(62,63)24-15-19-66-21-24/h7-22,57H,23,50H2,1-6H3,(H,60,61)(H2,49,52,54). The molecule has 26 heteroatoms. The predicted octanol–water partition coefficient (Wildman–Crippen LogP) is 9.43. The van der Waals surface area contributed by atoms with E-state index in [2.05, 4.69) is 24.7 Å². The fraction of sp³-hybridized carbons (Fsp3) is 0.222. The van der Waals surface area contributed by atoms with Crippen molar-refractivity contribution in [3.8, 4) is 43.7 Å². The van der Waals surface area contributed by atoms with Gasteiger partial charge in [0.25, 0.3) is 20.0 Å². The molecule has 0 unspecified atom stereocenters. The maximum absolute atomic E-state index is 17.6. The van der Waals surface area contributed by atoms with Crippen LogP contribution in [0.1, 0.15) is 51.6 Å². The van der Waals surface area contributed by atoms with Gasteiger partial charge in [-0.25, -0.2) is 60.3 Å². The highest BCUT2D eigenvalue weighted by Crippen LogP contribution is 2.47. The molecule has 0 spiro atoms. The van der Waals surface area contributed by atoms with Gasteiger partial charge in [0, 0.05) is 23.5 Å². The van der Waals surface area contributed by atoms with Gasteiger partial charge in [-0.2, -0.15) is 0 Å². The molecule has 8 aromatic rings. The Morgan fingerprint density at radius 1 is 0.775 bits per heavy atom. The highest BCUT2D eigenvalue weighted by molar-refractivity contribution is 7.93. The summed E-state index contributed by atoms with van der Waals surface area (Å²) in [7, 11) is -9.08. The van der Waals surface area contributed by atoms with Gasteiger partial charge in [-0.15, -0.1) is 22.7 Å². The molecule has 19 nitrogen and oxygen atoms in total. The minimum absolute atomic E-state index is 0.0500. The van der Waals surface area contributed by atoms with E-state index in [-0.39, 0.29) is 59.1 Å². The molecule has 370 valence electrons. The molecule has 0 aliphatic carbocycles. The minimum Gasteiger partial charge on any atom is -0.471 e. The number of thiazole rings is 2. The summed E-state index contributed by atoms with van der Waals surface area (Å²) in [6.45, 7) is 8.61. The molecule has 0 radical (unpaired) electrons. The number of amides is 1. The topological polar surface area (TPSA) is 280 Å². The summed E-state index contributed by atoms with van der Waals surface area (Å²) in [4.78, 5) is 40.7. The van der Waals surface area contributed by atoms with E-state index in [1.165, 1.54) is 88.6 Å². The number of halogens is 3. The van der Waals surface area contributed by atoms with Gasteiger partial charge in [0.15, 0.2) is 11.6 Å². The monoisotopic (exact) mass is 1070 g/mol. The highest BCUT2D eigenvalue weighted by Gasteiger charge is 2.48. The Balaban J connectivity index is 1.25. The third-order valence-corrected chi connectivity index (χ3v) is 16.9. The van der Waals surface area contributed by atoms with Crippen LogP contribution in [0.15, 0.2) is 117 Å². The summed E-state index contributed by atoms with van der Waals surface area (Å²) in [6, 6.07) is 13.4. The molecule has 0 fully saturated rings. The summed E-state index contributed by atoms with van der Waals surface area (Å²) in [6.07, 6.45) is 5.41. The lowest BCUT2D eigenvalue weighted by Crippen LogP contribution is -2.61. The molecule has 2 aromatic carbocycles. The number of furan rings is 2. The van der Waals surface area contributed by atoms with Crippen molar-refractivity contribution < 1.29 is 44.4 Å². The Labute approximate surface area is 418 Å². The summed E-state index contributed by atoms with van der Waals surface area (Å²) < 4.78 is 103. The predicted molar refractivity (Wildman–Crippen MR) is 263 cm³/mol. The number of aromatic nitrogens is 6. The smallest absolute Gasteiger partial charge is 0.408 e. The molecule has 6 N–H and O–H groups in total. The van der Waals surface area contributed by atoms with Gasteiger partial charge < -0.3 is 25.4 Å². The Morgan fingerprint density at radius 2 is 1.34 bits per heavy atom. The average Bonchev–Trinajstić information content (AvgIpc) is 4.14. The Hall–Kier alpha value is -6.90. The largest absolute Gasteiger partial charge is 0.471 e. The van der Waals surface area contributed by atoms with Crippen molar-refractivity contribution in [2.45, 2.75) is 68.0 Å². The lowest BCUT2D eigenvalue weighted by molar-refractivity contribution is 0.0271. The first-order valence-corrected chi connectivity index (χ1v) is 25.8. The number of carbonyl (C=O) groups is 1. The maximum atomic E-state index is 17.6. The summed E-state index contributed by atoms with van der Waals surface area (Å²) in [5.74, 6) is -2.14. The van der Waals surface area contributed by atoms with Crippen molar-refractivity contribution in [1.29, 1.82) is 0 Å². The Morgan fingerprint density at radius 3 is 1.92 bits per heavy atom. The molecule has 0 saturated carbocycles. The molecular formula is C45H42ClF2N11O8S4. The van der Waals surface area contributed by atoms with Crippen molar-refractivity contribution in [1.82, 2.24) is 34.8 Å². The van der Waals surface area contributed by atoms with Crippen LogP contribution in [0, 0.1) is 11.6 Å². The van der Waals surface area contributed by atoms with Crippen LogP contribution in [0.2, 0.25) is 5.28 Å². The number of nitrogens with two attached hydrogens (primary N) is 2. The first-order valence-electron chi connectivity index (χ1n) is 20.9. The van der Waals surface area contributed by atoms with E-state index < -0.39 is 72.3 Å². The number of anilines is 3. The number of hydrogen-bond donors (Lipinski definition) is 4. The Kier molecular flexibility index (Phi) is 13.3. The van der Waals surface area contributed by atoms with E-state index in [0.717, 1.165) is 63.0 Å². The fourth-order valence-corrected chi connectivity index (χ4v) is 12.6. The molecular weight excluding hydrogens is 1020 g/mol. The SMILES string of the molecule is CC(C)(N)c1nc(-c2cccc(N(CC(C)(C)N(C(=O)O)C(C)(C)c3nc(-c4cccc(NS(=O)(=O)c5ccoc5)c4F)c(-c4ccnc(Cl)n4)s3)S(=O)(=O)c3ccoc3)c2F)c(-c2ccnc(N)n2)s1. The van der Waals surface area contributed by atoms with E-state index >= 15 is 8.78 Å². The third-order valence-electron chi connectivity index (χ3n) is 10.9.